The third-order valence-corrected chi connectivity index (χ3v) is 3.73. The van der Waals surface area contributed by atoms with E-state index in [2.05, 4.69) is 5.32 Å². The Morgan fingerprint density at radius 3 is 2.37 bits per heavy atom. The summed E-state index contributed by atoms with van der Waals surface area (Å²) in [5.74, 6) is -0.00641. The lowest BCUT2D eigenvalue weighted by Crippen LogP contribution is -2.47. The number of benzene rings is 1. The highest BCUT2D eigenvalue weighted by molar-refractivity contribution is 5.83. The molecule has 0 aromatic heterocycles. The van der Waals surface area contributed by atoms with Crippen molar-refractivity contribution in [1.82, 2.24) is 10.2 Å². The Morgan fingerprint density at radius 2 is 1.84 bits per heavy atom. The summed E-state index contributed by atoms with van der Waals surface area (Å²) in [6.45, 7) is 3.61. The Hall–Kier alpha value is -1.39. The molecule has 1 amide bonds. The van der Waals surface area contributed by atoms with Gasteiger partial charge in [-0.3, -0.25) is 4.79 Å². The summed E-state index contributed by atoms with van der Waals surface area (Å²) in [4.78, 5) is 14.2. The van der Waals surface area contributed by atoms with E-state index in [-0.39, 0.29) is 5.91 Å². The molecule has 2 N–H and O–H groups in total. The van der Waals surface area contributed by atoms with Crippen LogP contribution < -0.4 is 5.32 Å². The zero-order valence-electron chi connectivity index (χ0n) is 11.6. The molecule has 1 aliphatic heterocycles. The predicted octanol–water partition coefficient (Wildman–Crippen LogP) is 1.24. The van der Waals surface area contributed by atoms with Crippen molar-refractivity contribution in [1.29, 1.82) is 0 Å². The molecular weight excluding hydrogens is 240 g/mol. The number of nitrogens with zero attached hydrogens (tertiary/aromatic N) is 1. The summed E-state index contributed by atoms with van der Waals surface area (Å²) in [7, 11) is 1.72. The van der Waals surface area contributed by atoms with Crippen molar-refractivity contribution in [3.05, 3.63) is 35.4 Å². The van der Waals surface area contributed by atoms with Gasteiger partial charge in [-0.2, -0.15) is 0 Å². The molecule has 0 unspecified atom stereocenters. The van der Waals surface area contributed by atoms with Crippen LogP contribution in [0.15, 0.2) is 24.3 Å². The quantitative estimate of drug-likeness (QED) is 0.858. The van der Waals surface area contributed by atoms with E-state index >= 15 is 0 Å². The van der Waals surface area contributed by atoms with Crippen molar-refractivity contribution >= 4 is 5.91 Å². The highest BCUT2D eigenvalue weighted by Crippen LogP contribution is 2.20. The summed E-state index contributed by atoms with van der Waals surface area (Å²) in [5.41, 5.74) is 1.92. The highest BCUT2D eigenvalue weighted by Gasteiger charge is 2.31. The maximum Gasteiger partial charge on any atom is 0.242 e. The first-order valence-corrected chi connectivity index (χ1v) is 6.84. The molecule has 0 bridgehead atoms. The van der Waals surface area contributed by atoms with Gasteiger partial charge in [0.1, 0.15) is 12.1 Å². The number of rotatable bonds is 4. The zero-order chi connectivity index (χ0) is 13.8. The van der Waals surface area contributed by atoms with E-state index in [0.29, 0.717) is 0 Å². The number of nitrogens with one attached hydrogen (secondary N) is 1. The molecule has 2 atom stereocenters. The molecule has 1 aromatic carbocycles. The SMILES string of the molecule is CN[C@@H](C(=O)N1CCCC1)[C@@H](O)c1ccc(C)cc1. The van der Waals surface area contributed by atoms with Gasteiger partial charge in [0.25, 0.3) is 0 Å². The van der Waals surface area contributed by atoms with Crippen LogP contribution in [-0.4, -0.2) is 42.1 Å². The Kier molecular flexibility index (Phi) is 4.56. The van der Waals surface area contributed by atoms with Crippen molar-refractivity contribution in [2.24, 2.45) is 0 Å². The molecule has 1 saturated heterocycles. The number of likely N-dealkylation sites (tertiary alicyclic amines) is 1. The molecular formula is C15H22N2O2. The summed E-state index contributed by atoms with van der Waals surface area (Å²) in [6.07, 6.45) is 1.31. The highest BCUT2D eigenvalue weighted by atomic mass is 16.3. The molecule has 104 valence electrons. The summed E-state index contributed by atoms with van der Waals surface area (Å²) < 4.78 is 0. The second-order valence-electron chi connectivity index (χ2n) is 5.15. The van der Waals surface area contributed by atoms with Crippen LogP contribution >= 0.6 is 0 Å². The minimum absolute atomic E-state index is 0.00641. The van der Waals surface area contributed by atoms with Gasteiger partial charge in [-0.25, -0.2) is 0 Å². The minimum Gasteiger partial charge on any atom is -0.386 e. The number of hydrogen-bond acceptors (Lipinski definition) is 3. The number of hydrogen-bond donors (Lipinski definition) is 2. The smallest absolute Gasteiger partial charge is 0.242 e. The maximum absolute atomic E-state index is 12.4. The van der Waals surface area contributed by atoms with Crippen molar-refractivity contribution in [3.8, 4) is 0 Å². The molecule has 1 aromatic rings. The monoisotopic (exact) mass is 262 g/mol. The first kappa shape index (κ1) is 14.0. The van der Waals surface area contributed by atoms with Gasteiger partial charge in [-0.05, 0) is 32.4 Å². The molecule has 0 radical (unpaired) electrons. The molecule has 1 fully saturated rings. The minimum atomic E-state index is -0.807. The lowest BCUT2D eigenvalue weighted by molar-refractivity contribution is -0.135. The zero-order valence-corrected chi connectivity index (χ0v) is 11.6. The number of carbonyl (C=O) groups is 1. The lowest BCUT2D eigenvalue weighted by atomic mass is 10.0. The lowest BCUT2D eigenvalue weighted by Gasteiger charge is -2.26. The van der Waals surface area contributed by atoms with Gasteiger partial charge in [-0.15, -0.1) is 0 Å². The second-order valence-corrected chi connectivity index (χ2v) is 5.15. The van der Waals surface area contributed by atoms with E-state index in [1.54, 1.807) is 7.05 Å². The van der Waals surface area contributed by atoms with Crippen LogP contribution in [0.3, 0.4) is 0 Å². The number of likely N-dealkylation sites (N-methyl/N-ethyl adjacent to an activating group) is 1. The van der Waals surface area contributed by atoms with Crippen LogP contribution in [0, 0.1) is 6.92 Å². The van der Waals surface area contributed by atoms with E-state index in [0.717, 1.165) is 37.1 Å². The van der Waals surface area contributed by atoms with E-state index in [1.807, 2.05) is 36.1 Å². The third kappa shape index (κ3) is 3.14. The van der Waals surface area contributed by atoms with Crippen molar-refractivity contribution in [2.75, 3.05) is 20.1 Å². The molecule has 19 heavy (non-hydrogen) atoms. The molecule has 0 saturated carbocycles. The van der Waals surface area contributed by atoms with Gasteiger partial charge in [-0.1, -0.05) is 29.8 Å². The predicted molar refractivity (Wildman–Crippen MR) is 74.8 cm³/mol. The van der Waals surface area contributed by atoms with Crippen molar-refractivity contribution < 1.29 is 9.90 Å². The number of aryl methyl sites for hydroxylation is 1. The molecule has 4 nitrogen and oxygen atoms in total. The molecule has 1 heterocycles. The average Bonchev–Trinajstić information content (AvgIpc) is 2.94. The fraction of sp³-hybridized carbons (Fsp3) is 0.533. The van der Waals surface area contributed by atoms with Gasteiger partial charge < -0.3 is 15.3 Å². The van der Waals surface area contributed by atoms with Gasteiger partial charge in [0.2, 0.25) is 5.91 Å². The van der Waals surface area contributed by atoms with Crippen LogP contribution in [0.2, 0.25) is 0 Å². The number of amides is 1. The normalized spacial score (nSPS) is 18.4. The van der Waals surface area contributed by atoms with Gasteiger partial charge in [0.15, 0.2) is 0 Å². The summed E-state index contributed by atoms with van der Waals surface area (Å²) >= 11 is 0. The molecule has 0 aliphatic carbocycles. The first-order chi connectivity index (χ1) is 9.13. The van der Waals surface area contributed by atoms with E-state index in [9.17, 15) is 9.90 Å². The standard InChI is InChI=1S/C15H22N2O2/c1-11-5-7-12(8-6-11)14(18)13(16-2)15(19)17-9-3-4-10-17/h5-8,13-14,16,18H,3-4,9-10H2,1-2H3/t13-,14+/m1/s1. The Balaban J connectivity index is 2.11. The van der Waals surface area contributed by atoms with E-state index < -0.39 is 12.1 Å². The maximum atomic E-state index is 12.4. The Morgan fingerprint density at radius 1 is 1.26 bits per heavy atom. The van der Waals surface area contributed by atoms with Crippen LogP contribution in [0.25, 0.3) is 0 Å². The number of aliphatic hydroxyl groups excluding tert-OH is 1. The van der Waals surface area contributed by atoms with Crippen LogP contribution in [0.4, 0.5) is 0 Å². The first-order valence-electron chi connectivity index (χ1n) is 6.84. The number of aliphatic hydroxyl groups is 1. The number of carbonyl (C=O) groups excluding carboxylic acids is 1. The van der Waals surface area contributed by atoms with Crippen LogP contribution in [-0.2, 0) is 4.79 Å². The third-order valence-electron chi connectivity index (χ3n) is 3.73. The summed E-state index contributed by atoms with van der Waals surface area (Å²) in [6, 6.07) is 7.08. The van der Waals surface area contributed by atoms with Crippen LogP contribution in [0.5, 0.6) is 0 Å². The van der Waals surface area contributed by atoms with E-state index in [4.69, 9.17) is 0 Å². The Bertz CT molecular complexity index is 424. The summed E-state index contributed by atoms with van der Waals surface area (Å²) in [5, 5.41) is 13.3. The van der Waals surface area contributed by atoms with E-state index in [1.165, 1.54) is 0 Å². The average molecular weight is 262 g/mol. The topological polar surface area (TPSA) is 52.6 Å². The molecule has 4 heteroatoms. The second kappa shape index (κ2) is 6.17. The molecule has 0 spiro atoms. The largest absolute Gasteiger partial charge is 0.386 e. The van der Waals surface area contributed by atoms with Crippen molar-refractivity contribution in [3.63, 3.8) is 0 Å². The van der Waals surface area contributed by atoms with Crippen LogP contribution in [0.1, 0.15) is 30.1 Å². The van der Waals surface area contributed by atoms with Gasteiger partial charge in [0, 0.05) is 13.1 Å². The fourth-order valence-electron chi connectivity index (χ4n) is 2.51. The van der Waals surface area contributed by atoms with Crippen molar-refractivity contribution in [2.45, 2.75) is 31.9 Å². The Labute approximate surface area is 114 Å². The fourth-order valence-corrected chi connectivity index (χ4v) is 2.51. The van der Waals surface area contributed by atoms with Gasteiger partial charge in [0.05, 0.1) is 0 Å². The van der Waals surface area contributed by atoms with Gasteiger partial charge >= 0.3 is 0 Å². The molecule has 1 aliphatic rings. The molecule has 2 rings (SSSR count).